The number of aryl methyl sites for hydroxylation is 1. The van der Waals surface area contributed by atoms with Crippen molar-refractivity contribution in [1.82, 2.24) is 9.97 Å². The van der Waals surface area contributed by atoms with Gasteiger partial charge in [0.25, 0.3) is 0 Å². The van der Waals surface area contributed by atoms with Crippen molar-refractivity contribution in [2.75, 3.05) is 11.1 Å². The lowest BCUT2D eigenvalue weighted by Gasteiger charge is -2.30. The highest BCUT2D eigenvalue weighted by Crippen LogP contribution is 2.41. The van der Waals surface area contributed by atoms with E-state index in [1.807, 2.05) is 49.4 Å². The summed E-state index contributed by atoms with van der Waals surface area (Å²) in [4.78, 5) is 24.8. The molecule has 0 atom stereocenters. The molecule has 0 fully saturated rings. The molecule has 0 bridgehead atoms. The van der Waals surface area contributed by atoms with E-state index in [9.17, 15) is 4.79 Å². The second-order valence-electron chi connectivity index (χ2n) is 9.22. The second kappa shape index (κ2) is 9.49. The summed E-state index contributed by atoms with van der Waals surface area (Å²) >= 11 is 3.17. The van der Waals surface area contributed by atoms with Crippen LogP contribution in [0.25, 0.3) is 10.2 Å². The van der Waals surface area contributed by atoms with Gasteiger partial charge >= 0.3 is 0 Å². The second-order valence-corrected chi connectivity index (χ2v) is 11.3. The van der Waals surface area contributed by atoms with Crippen LogP contribution >= 0.6 is 23.1 Å². The topological polar surface area (TPSA) is 64.1 Å². The van der Waals surface area contributed by atoms with Crippen LogP contribution in [0.15, 0.2) is 59.6 Å². The summed E-state index contributed by atoms with van der Waals surface area (Å²) in [7, 11) is 0. The van der Waals surface area contributed by atoms with Gasteiger partial charge in [0.05, 0.1) is 18.0 Å². The number of carbonyl (C=O) groups is 1. The molecule has 2 aromatic heterocycles. The van der Waals surface area contributed by atoms with Crippen LogP contribution in [0.2, 0.25) is 0 Å². The molecule has 1 amide bonds. The predicted octanol–water partition coefficient (Wildman–Crippen LogP) is 6.17. The van der Waals surface area contributed by atoms with Gasteiger partial charge in [-0.05, 0) is 44.0 Å². The minimum atomic E-state index is -0.228. The maximum absolute atomic E-state index is 12.7. The third-order valence-electron chi connectivity index (χ3n) is 5.82. The molecule has 174 valence electrons. The Balaban J connectivity index is 1.45. The Hall–Kier alpha value is -2.74. The van der Waals surface area contributed by atoms with Gasteiger partial charge in [-0.3, -0.25) is 4.79 Å². The molecule has 0 aliphatic carbocycles. The summed E-state index contributed by atoms with van der Waals surface area (Å²) < 4.78 is 6.05. The molecule has 0 radical (unpaired) electrons. The van der Waals surface area contributed by atoms with E-state index in [-0.39, 0.29) is 17.3 Å². The van der Waals surface area contributed by atoms with Crippen molar-refractivity contribution in [2.24, 2.45) is 0 Å². The molecule has 4 aromatic rings. The van der Waals surface area contributed by atoms with Gasteiger partial charge in [-0.25, -0.2) is 9.97 Å². The zero-order valence-corrected chi connectivity index (χ0v) is 21.2. The van der Waals surface area contributed by atoms with Crippen LogP contribution < -0.4 is 5.32 Å². The first-order chi connectivity index (χ1) is 16.4. The molecule has 5 nitrogen and oxygen atoms in total. The summed E-state index contributed by atoms with van der Waals surface area (Å²) in [6, 6.07) is 18.1. The smallest absolute Gasteiger partial charge is 0.234 e. The number of amides is 1. The van der Waals surface area contributed by atoms with Crippen molar-refractivity contribution in [3.05, 3.63) is 82.0 Å². The number of aromatic nitrogens is 2. The van der Waals surface area contributed by atoms with Crippen LogP contribution in [0.4, 0.5) is 5.69 Å². The summed E-state index contributed by atoms with van der Waals surface area (Å²) in [5.74, 6) is 1.02. The zero-order chi connectivity index (χ0) is 23.7. The average Bonchev–Trinajstić information content (AvgIpc) is 3.16. The quantitative estimate of drug-likeness (QED) is 0.259. The molecule has 1 aliphatic heterocycles. The summed E-state index contributed by atoms with van der Waals surface area (Å²) in [5, 5.41) is 4.95. The maximum atomic E-state index is 12.7. The highest BCUT2D eigenvalue weighted by atomic mass is 32.2. The Morgan fingerprint density at radius 1 is 1.12 bits per heavy atom. The Labute approximate surface area is 208 Å². The Kier molecular flexibility index (Phi) is 6.42. The molecule has 0 saturated heterocycles. The summed E-state index contributed by atoms with van der Waals surface area (Å²) in [6.45, 7) is 6.86. The molecule has 2 aromatic carbocycles. The number of ether oxygens (including phenoxy) is 1. The molecule has 0 saturated carbocycles. The van der Waals surface area contributed by atoms with E-state index in [4.69, 9.17) is 14.7 Å². The van der Waals surface area contributed by atoms with Crippen molar-refractivity contribution in [3.63, 3.8) is 0 Å². The van der Waals surface area contributed by atoms with E-state index in [0.29, 0.717) is 13.0 Å². The van der Waals surface area contributed by atoms with Crippen LogP contribution in [0.3, 0.4) is 0 Å². The maximum Gasteiger partial charge on any atom is 0.234 e. The highest BCUT2D eigenvalue weighted by molar-refractivity contribution is 8.00. The van der Waals surface area contributed by atoms with E-state index >= 15 is 0 Å². The van der Waals surface area contributed by atoms with Gasteiger partial charge in [0.2, 0.25) is 5.91 Å². The van der Waals surface area contributed by atoms with Crippen LogP contribution in [-0.2, 0) is 29.0 Å². The highest BCUT2D eigenvalue weighted by Gasteiger charge is 2.31. The molecule has 0 spiro atoms. The molecule has 0 unspecified atom stereocenters. The number of thioether (sulfide) groups is 1. The average molecular weight is 490 g/mol. The SMILES string of the molecule is Cc1ccc(NC(=O)CSc2nc(Cc3ccccc3)nc3sc4c(c23)CC(C)(C)OC4)cc1. The van der Waals surface area contributed by atoms with Crippen molar-refractivity contribution >= 4 is 44.9 Å². The zero-order valence-electron chi connectivity index (χ0n) is 19.6. The van der Waals surface area contributed by atoms with E-state index in [0.717, 1.165) is 38.7 Å². The normalized spacial score (nSPS) is 14.7. The first kappa shape index (κ1) is 23.0. The number of carbonyl (C=O) groups excluding carboxylic acids is 1. The fraction of sp³-hybridized carbons (Fsp3) is 0.296. The van der Waals surface area contributed by atoms with Crippen LogP contribution in [0.5, 0.6) is 0 Å². The number of hydrogen-bond acceptors (Lipinski definition) is 6. The number of thiophene rings is 1. The molecule has 5 rings (SSSR count). The van der Waals surface area contributed by atoms with Crippen molar-refractivity contribution in [2.45, 2.75) is 50.8 Å². The standard InChI is InChI=1S/C27H27N3O2S2/c1-17-9-11-19(12-10-17)28-23(31)16-33-25-24-20-14-27(2,3)32-15-21(20)34-26(24)30-22(29-25)13-18-7-5-4-6-8-18/h4-12H,13-16H2,1-3H3,(H,28,31). The van der Waals surface area contributed by atoms with E-state index < -0.39 is 0 Å². The Morgan fingerprint density at radius 3 is 2.65 bits per heavy atom. The molecular weight excluding hydrogens is 462 g/mol. The molecule has 34 heavy (non-hydrogen) atoms. The van der Waals surface area contributed by atoms with E-state index in [1.54, 1.807) is 11.3 Å². The predicted molar refractivity (Wildman–Crippen MR) is 140 cm³/mol. The molecule has 1 aliphatic rings. The number of benzene rings is 2. The number of fused-ring (bicyclic) bond motifs is 3. The monoisotopic (exact) mass is 489 g/mol. The fourth-order valence-corrected chi connectivity index (χ4v) is 6.14. The molecular formula is C27H27N3O2S2. The van der Waals surface area contributed by atoms with Crippen molar-refractivity contribution in [1.29, 1.82) is 0 Å². The number of anilines is 1. The first-order valence-corrected chi connectivity index (χ1v) is 13.1. The molecule has 1 N–H and O–H groups in total. The van der Waals surface area contributed by atoms with Gasteiger partial charge < -0.3 is 10.1 Å². The van der Waals surface area contributed by atoms with Gasteiger partial charge in [-0.15, -0.1) is 11.3 Å². The minimum absolute atomic E-state index is 0.0435. The van der Waals surface area contributed by atoms with Gasteiger partial charge in [-0.2, -0.15) is 0 Å². The summed E-state index contributed by atoms with van der Waals surface area (Å²) in [5.41, 5.74) is 4.18. The Morgan fingerprint density at radius 2 is 1.88 bits per heavy atom. The number of hydrogen-bond donors (Lipinski definition) is 1. The van der Waals surface area contributed by atoms with E-state index in [2.05, 4.69) is 31.3 Å². The minimum Gasteiger partial charge on any atom is -0.370 e. The number of rotatable bonds is 6. The first-order valence-electron chi connectivity index (χ1n) is 11.3. The van der Waals surface area contributed by atoms with Gasteiger partial charge in [0, 0.05) is 28.8 Å². The molecule has 3 heterocycles. The number of nitrogens with zero attached hydrogens (tertiary/aromatic N) is 2. The lowest BCUT2D eigenvalue weighted by Crippen LogP contribution is -2.31. The lowest BCUT2D eigenvalue weighted by molar-refractivity contribution is -0.113. The van der Waals surface area contributed by atoms with Gasteiger partial charge in [0.15, 0.2) is 0 Å². The summed E-state index contributed by atoms with van der Waals surface area (Å²) in [6.07, 6.45) is 1.47. The number of nitrogens with one attached hydrogen (secondary N) is 1. The largest absolute Gasteiger partial charge is 0.370 e. The van der Waals surface area contributed by atoms with Crippen LogP contribution in [0, 0.1) is 6.92 Å². The fourth-order valence-electron chi connectivity index (χ4n) is 4.08. The van der Waals surface area contributed by atoms with Crippen molar-refractivity contribution in [3.8, 4) is 0 Å². The van der Waals surface area contributed by atoms with Gasteiger partial charge in [-0.1, -0.05) is 59.8 Å². The third-order valence-corrected chi connectivity index (χ3v) is 7.90. The molecule has 7 heteroatoms. The van der Waals surface area contributed by atoms with Crippen molar-refractivity contribution < 1.29 is 9.53 Å². The van der Waals surface area contributed by atoms with Crippen LogP contribution in [0.1, 0.15) is 41.2 Å². The lowest BCUT2D eigenvalue weighted by atomic mass is 9.94. The van der Waals surface area contributed by atoms with E-state index in [1.165, 1.54) is 27.8 Å². The third kappa shape index (κ3) is 5.17. The van der Waals surface area contributed by atoms with Gasteiger partial charge in [0.1, 0.15) is 15.7 Å². The van der Waals surface area contributed by atoms with Crippen LogP contribution in [-0.4, -0.2) is 27.2 Å². The Bertz CT molecular complexity index is 1330.